The van der Waals surface area contributed by atoms with Crippen LogP contribution in [0.15, 0.2) is 18.2 Å². The summed E-state index contributed by atoms with van der Waals surface area (Å²) in [7, 11) is 0. The molecule has 0 amide bonds. The Bertz CT molecular complexity index is 1980. The SMILES string of the molecule is CCCCCCCCCCCNCC1=C(C)c2cc3nc(c(C)c4[nH]c(cc5[nH]c(cc1n2)c(C)c5CC)c(C)c4C(=O)O)[C@@H](CCC(=O)O)[C@@H]3C. The van der Waals surface area contributed by atoms with Crippen LogP contribution in [0.4, 0.5) is 0 Å². The number of rotatable bonds is 17. The van der Waals surface area contributed by atoms with Crippen molar-refractivity contribution in [2.24, 2.45) is 0 Å². The van der Waals surface area contributed by atoms with E-state index >= 15 is 0 Å². The van der Waals surface area contributed by atoms with Crippen LogP contribution in [0.3, 0.4) is 0 Å². The molecule has 0 spiro atoms. The maximum Gasteiger partial charge on any atom is 0.338 e. The van der Waals surface area contributed by atoms with Crippen molar-refractivity contribution in [3.8, 4) is 0 Å². The van der Waals surface area contributed by atoms with E-state index in [4.69, 9.17) is 9.97 Å². The average molecular weight is 710 g/mol. The molecule has 0 aromatic carbocycles. The number of hydrogen-bond acceptors (Lipinski definition) is 5. The van der Waals surface area contributed by atoms with Crippen LogP contribution in [0.5, 0.6) is 0 Å². The van der Waals surface area contributed by atoms with E-state index in [2.05, 4.69) is 62.0 Å². The highest BCUT2D eigenvalue weighted by Gasteiger charge is 2.32. The molecule has 0 fully saturated rings. The highest BCUT2D eigenvalue weighted by Crippen LogP contribution is 2.42. The minimum atomic E-state index is -1.01. The Morgan fingerprint density at radius 1 is 0.788 bits per heavy atom. The Hall–Kier alpha value is -4.24. The molecular weight excluding hydrogens is 651 g/mol. The number of aromatic carboxylic acids is 1. The van der Waals surface area contributed by atoms with Crippen molar-refractivity contribution in [2.75, 3.05) is 13.1 Å². The largest absolute Gasteiger partial charge is 0.481 e. The second kappa shape index (κ2) is 17.5. The number of unbranched alkanes of at least 4 members (excludes halogenated alkanes) is 8. The van der Waals surface area contributed by atoms with Crippen molar-refractivity contribution in [1.82, 2.24) is 25.3 Å². The summed E-state index contributed by atoms with van der Waals surface area (Å²) < 4.78 is 0. The summed E-state index contributed by atoms with van der Waals surface area (Å²) in [6.45, 7) is 16.2. The summed E-state index contributed by atoms with van der Waals surface area (Å²) in [5.74, 6) is -2.14. The number of carboxylic acids is 2. The van der Waals surface area contributed by atoms with Gasteiger partial charge in [0.15, 0.2) is 0 Å². The van der Waals surface area contributed by atoms with Crippen LogP contribution in [-0.4, -0.2) is 55.2 Å². The van der Waals surface area contributed by atoms with Crippen LogP contribution in [0.2, 0.25) is 0 Å². The van der Waals surface area contributed by atoms with Crippen LogP contribution in [0.25, 0.3) is 33.2 Å². The van der Waals surface area contributed by atoms with Crippen molar-refractivity contribution in [3.63, 3.8) is 0 Å². The van der Waals surface area contributed by atoms with Gasteiger partial charge in [0.1, 0.15) is 0 Å². The van der Waals surface area contributed by atoms with Gasteiger partial charge >= 0.3 is 11.9 Å². The predicted octanol–water partition coefficient (Wildman–Crippen LogP) is 10.3. The molecule has 9 nitrogen and oxygen atoms in total. The number of fused-ring (bicyclic) bond motifs is 8. The molecule has 0 saturated carbocycles. The molecule has 0 aliphatic carbocycles. The average Bonchev–Trinajstić information content (AvgIpc) is 3.79. The van der Waals surface area contributed by atoms with Crippen molar-refractivity contribution in [3.05, 3.63) is 68.8 Å². The molecule has 2 aliphatic heterocycles. The zero-order valence-electron chi connectivity index (χ0n) is 32.4. The number of aromatic nitrogens is 4. The van der Waals surface area contributed by atoms with E-state index in [1.807, 2.05) is 19.9 Å². The summed E-state index contributed by atoms with van der Waals surface area (Å²) in [5.41, 5.74) is 12.7. The van der Waals surface area contributed by atoms with Gasteiger partial charge in [-0.15, -0.1) is 0 Å². The number of aryl methyl sites for hydroxylation is 4. The van der Waals surface area contributed by atoms with Gasteiger partial charge in [0.25, 0.3) is 0 Å². The molecule has 0 unspecified atom stereocenters. The number of allylic oxidation sites excluding steroid dienone is 1. The van der Waals surface area contributed by atoms with Crippen LogP contribution in [-0.2, 0) is 11.2 Å². The van der Waals surface area contributed by atoms with E-state index in [-0.39, 0.29) is 23.8 Å². The molecule has 5 heterocycles. The van der Waals surface area contributed by atoms with Crippen LogP contribution >= 0.6 is 0 Å². The van der Waals surface area contributed by atoms with Gasteiger partial charge in [0.2, 0.25) is 0 Å². The first-order valence-corrected chi connectivity index (χ1v) is 19.6. The van der Waals surface area contributed by atoms with E-state index in [1.54, 1.807) is 0 Å². The first-order chi connectivity index (χ1) is 25.0. The molecule has 0 saturated heterocycles. The number of H-pyrrole nitrogens is 2. The lowest BCUT2D eigenvalue weighted by atomic mass is 9.85. The van der Waals surface area contributed by atoms with Gasteiger partial charge in [0.05, 0.1) is 22.5 Å². The third-order valence-electron chi connectivity index (χ3n) is 11.4. The van der Waals surface area contributed by atoms with Gasteiger partial charge in [-0.3, -0.25) is 9.78 Å². The minimum absolute atomic E-state index is 0.00121. The Kier molecular flexibility index (Phi) is 13.1. The highest BCUT2D eigenvalue weighted by molar-refractivity contribution is 6.02. The van der Waals surface area contributed by atoms with Gasteiger partial charge in [-0.1, -0.05) is 72.1 Å². The fraction of sp³-hybridized carbons (Fsp3) is 0.535. The molecule has 5 N–H and O–H groups in total. The molecule has 2 atom stereocenters. The van der Waals surface area contributed by atoms with Crippen LogP contribution in [0, 0.1) is 20.8 Å². The second-order valence-electron chi connectivity index (χ2n) is 14.9. The monoisotopic (exact) mass is 709 g/mol. The Morgan fingerprint density at radius 3 is 2.12 bits per heavy atom. The lowest BCUT2D eigenvalue weighted by Crippen LogP contribution is -2.18. The summed E-state index contributed by atoms with van der Waals surface area (Å²) in [4.78, 5) is 41.9. The van der Waals surface area contributed by atoms with Gasteiger partial charge in [0, 0.05) is 52.7 Å². The van der Waals surface area contributed by atoms with E-state index in [0.717, 1.165) is 75.4 Å². The number of aliphatic carboxylic acids is 1. The molecular formula is C43H59N5O4. The number of nitrogens with one attached hydrogen (secondary N) is 3. The third kappa shape index (κ3) is 8.52. The Labute approximate surface area is 308 Å². The molecule has 3 aromatic heterocycles. The van der Waals surface area contributed by atoms with E-state index in [0.29, 0.717) is 24.0 Å². The van der Waals surface area contributed by atoms with E-state index < -0.39 is 11.9 Å². The minimum Gasteiger partial charge on any atom is -0.481 e. The first-order valence-electron chi connectivity index (χ1n) is 19.6. The summed E-state index contributed by atoms with van der Waals surface area (Å²) in [5, 5.41) is 23.8. The standard InChI is InChI=1S/C43H59N5O4/c1-8-10-11-12-13-14-15-16-17-20-44-24-32-27(5)33-21-35-26(4)31(18-19-39(49)50)41(47-35)29(7)42-40(43(51)52)28(6)36(48-42)23-37-30(9-2)25(3)34(45-37)22-38(32)46-33/h21-23,26,31,44-45,48H,8-20,24H2,1-7H3,(H,49,50)(H,51,52)/t26-,31-/m0/s1. The third-order valence-corrected chi connectivity index (χ3v) is 11.4. The molecule has 2 aliphatic rings. The maximum atomic E-state index is 12.7. The van der Waals surface area contributed by atoms with Crippen molar-refractivity contribution in [2.45, 2.75) is 137 Å². The fourth-order valence-electron chi connectivity index (χ4n) is 8.10. The molecule has 8 bridgehead atoms. The Balaban J connectivity index is 1.61. The summed E-state index contributed by atoms with van der Waals surface area (Å²) >= 11 is 0. The van der Waals surface area contributed by atoms with Gasteiger partial charge in [-0.25, -0.2) is 9.78 Å². The van der Waals surface area contributed by atoms with Crippen LogP contribution in [0.1, 0.15) is 166 Å². The lowest BCUT2D eigenvalue weighted by molar-refractivity contribution is -0.137. The molecule has 0 radical (unpaired) electrons. The molecule has 5 rings (SSSR count). The quantitative estimate of drug-likeness (QED) is 0.0878. The van der Waals surface area contributed by atoms with Gasteiger partial charge in [-0.2, -0.15) is 0 Å². The molecule has 52 heavy (non-hydrogen) atoms. The topological polar surface area (TPSA) is 144 Å². The second-order valence-corrected chi connectivity index (χ2v) is 14.9. The maximum absolute atomic E-state index is 12.7. The van der Waals surface area contributed by atoms with Crippen LogP contribution < -0.4 is 5.32 Å². The zero-order chi connectivity index (χ0) is 37.5. The van der Waals surface area contributed by atoms with Crippen molar-refractivity contribution >= 4 is 45.2 Å². The number of carboxylic acid groups (broad SMARTS) is 2. The van der Waals surface area contributed by atoms with E-state index in [9.17, 15) is 19.8 Å². The fourth-order valence-corrected chi connectivity index (χ4v) is 8.10. The predicted molar refractivity (Wildman–Crippen MR) is 212 cm³/mol. The number of hydrogen-bond donors (Lipinski definition) is 5. The highest BCUT2D eigenvalue weighted by atomic mass is 16.4. The lowest BCUT2D eigenvalue weighted by Gasteiger charge is -2.16. The smallest absolute Gasteiger partial charge is 0.338 e. The van der Waals surface area contributed by atoms with Gasteiger partial charge < -0.3 is 25.5 Å². The van der Waals surface area contributed by atoms with Crippen molar-refractivity contribution < 1.29 is 19.8 Å². The number of carbonyl (C=O) groups is 2. The van der Waals surface area contributed by atoms with E-state index in [1.165, 1.54) is 62.5 Å². The van der Waals surface area contributed by atoms with Crippen molar-refractivity contribution in [1.29, 1.82) is 0 Å². The number of nitrogens with zero attached hydrogens (tertiary/aromatic N) is 2. The summed E-state index contributed by atoms with van der Waals surface area (Å²) in [6.07, 6.45) is 12.9. The molecule has 3 aromatic rings. The molecule has 9 heteroatoms. The Morgan fingerprint density at radius 2 is 1.46 bits per heavy atom. The number of aromatic amines is 2. The molecule has 280 valence electrons. The van der Waals surface area contributed by atoms with Gasteiger partial charge in [-0.05, 0) is 105 Å². The summed E-state index contributed by atoms with van der Waals surface area (Å²) in [6, 6.07) is 6.23. The normalized spacial score (nSPS) is 15.8. The first kappa shape index (κ1) is 39.0. The zero-order valence-corrected chi connectivity index (χ0v) is 32.4.